The molecule has 3 nitrogen and oxygen atoms in total. The molecule has 1 N–H and O–H groups in total. The van der Waals surface area contributed by atoms with Gasteiger partial charge in [0.25, 0.3) is 0 Å². The minimum absolute atomic E-state index is 0.502. The summed E-state index contributed by atoms with van der Waals surface area (Å²) in [5, 5.41) is 3.80. The molecule has 2 heterocycles. The minimum atomic E-state index is 0.502. The van der Waals surface area contributed by atoms with Crippen LogP contribution in [0.15, 0.2) is 0 Å². The summed E-state index contributed by atoms with van der Waals surface area (Å²) in [7, 11) is 0. The first kappa shape index (κ1) is 14.8. The van der Waals surface area contributed by atoms with Gasteiger partial charge < -0.3 is 10.1 Å². The van der Waals surface area contributed by atoms with Crippen LogP contribution in [0.25, 0.3) is 0 Å². The van der Waals surface area contributed by atoms with Gasteiger partial charge in [0.1, 0.15) is 0 Å². The van der Waals surface area contributed by atoms with Crippen molar-refractivity contribution < 1.29 is 4.74 Å². The second-order valence-corrected chi connectivity index (χ2v) is 7.14. The van der Waals surface area contributed by atoms with Crippen molar-refractivity contribution in [1.29, 1.82) is 0 Å². The lowest BCUT2D eigenvalue weighted by Crippen LogP contribution is -2.63. The zero-order chi connectivity index (χ0) is 13.8. The molecule has 3 heteroatoms. The van der Waals surface area contributed by atoms with Crippen LogP contribution in [0.2, 0.25) is 0 Å². The summed E-state index contributed by atoms with van der Waals surface area (Å²) in [5.74, 6) is 0. The van der Waals surface area contributed by atoms with Crippen molar-refractivity contribution in [2.75, 3.05) is 26.2 Å². The largest absolute Gasteiger partial charge is 0.378 e. The molecule has 0 aromatic heterocycles. The van der Waals surface area contributed by atoms with Gasteiger partial charge in [0.2, 0.25) is 0 Å². The zero-order valence-corrected chi connectivity index (χ0v) is 13.2. The normalized spacial score (nSPS) is 34.0. The lowest BCUT2D eigenvalue weighted by Gasteiger charge is -2.48. The highest BCUT2D eigenvalue weighted by Crippen LogP contribution is 2.37. The molecule has 0 amide bonds. The predicted octanol–water partition coefficient (Wildman–Crippen LogP) is 2.94. The highest BCUT2D eigenvalue weighted by atomic mass is 16.5. The van der Waals surface area contributed by atoms with E-state index in [2.05, 4.69) is 17.1 Å². The zero-order valence-electron chi connectivity index (χ0n) is 13.2. The quantitative estimate of drug-likeness (QED) is 0.838. The van der Waals surface area contributed by atoms with Gasteiger partial charge in [-0.2, -0.15) is 0 Å². The fourth-order valence-corrected chi connectivity index (χ4v) is 4.48. The van der Waals surface area contributed by atoms with Crippen LogP contribution in [0, 0.1) is 0 Å². The predicted molar refractivity (Wildman–Crippen MR) is 83.1 cm³/mol. The fourth-order valence-electron chi connectivity index (χ4n) is 4.48. The molecular weight excluding hydrogens is 248 g/mol. The number of nitrogens with one attached hydrogen (secondary N) is 1. The molecule has 0 aromatic rings. The van der Waals surface area contributed by atoms with Gasteiger partial charge in [-0.25, -0.2) is 0 Å². The Kier molecular flexibility index (Phi) is 5.00. The summed E-state index contributed by atoms with van der Waals surface area (Å²) in [6.45, 7) is 7.10. The van der Waals surface area contributed by atoms with Crippen LogP contribution in [0.4, 0.5) is 0 Å². The van der Waals surface area contributed by atoms with Crippen LogP contribution in [0.1, 0.15) is 64.7 Å². The van der Waals surface area contributed by atoms with Crippen molar-refractivity contribution in [3.05, 3.63) is 0 Å². The van der Waals surface area contributed by atoms with E-state index < -0.39 is 0 Å². The number of hydrogen-bond donors (Lipinski definition) is 1. The second kappa shape index (κ2) is 6.76. The van der Waals surface area contributed by atoms with Crippen molar-refractivity contribution in [2.24, 2.45) is 0 Å². The van der Waals surface area contributed by atoms with E-state index in [1.807, 2.05) is 0 Å². The highest BCUT2D eigenvalue weighted by molar-refractivity contribution is 5.01. The van der Waals surface area contributed by atoms with Gasteiger partial charge in [-0.3, -0.25) is 4.90 Å². The van der Waals surface area contributed by atoms with Gasteiger partial charge in [0.05, 0.1) is 6.10 Å². The van der Waals surface area contributed by atoms with Crippen LogP contribution in [-0.2, 0) is 4.74 Å². The number of rotatable bonds is 5. The molecule has 20 heavy (non-hydrogen) atoms. The average molecular weight is 280 g/mol. The molecule has 116 valence electrons. The molecule has 3 rings (SSSR count). The molecule has 0 bridgehead atoms. The monoisotopic (exact) mass is 280 g/mol. The van der Waals surface area contributed by atoms with E-state index in [0.717, 1.165) is 6.61 Å². The van der Waals surface area contributed by atoms with Gasteiger partial charge in [0, 0.05) is 31.3 Å². The first-order valence-corrected chi connectivity index (χ1v) is 8.92. The van der Waals surface area contributed by atoms with E-state index in [1.165, 1.54) is 77.4 Å². The Bertz CT molecular complexity index is 295. The first-order valence-electron chi connectivity index (χ1n) is 8.92. The van der Waals surface area contributed by atoms with Crippen molar-refractivity contribution in [3.8, 4) is 0 Å². The molecule has 1 spiro atoms. The first-order chi connectivity index (χ1) is 9.82. The van der Waals surface area contributed by atoms with E-state index in [0.29, 0.717) is 17.7 Å². The smallest absolute Gasteiger partial charge is 0.0576 e. The summed E-state index contributed by atoms with van der Waals surface area (Å²) >= 11 is 0. The highest BCUT2D eigenvalue weighted by Gasteiger charge is 2.42. The molecule has 0 radical (unpaired) electrons. The van der Waals surface area contributed by atoms with Crippen molar-refractivity contribution in [1.82, 2.24) is 10.2 Å². The molecule has 2 saturated heterocycles. The lowest BCUT2D eigenvalue weighted by molar-refractivity contribution is 0.0345. The summed E-state index contributed by atoms with van der Waals surface area (Å²) in [5.41, 5.74) is 0.502. The van der Waals surface area contributed by atoms with Crippen molar-refractivity contribution in [2.45, 2.75) is 82.4 Å². The summed E-state index contributed by atoms with van der Waals surface area (Å²) in [4.78, 5) is 2.85. The Labute approximate surface area is 124 Å². The third kappa shape index (κ3) is 3.20. The number of nitrogens with zero attached hydrogens (tertiary/aromatic N) is 1. The Morgan fingerprint density at radius 2 is 2.10 bits per heavy atom. The molecule has 1 aliphatic carbocycles. The van der Waals surface area contributed by atoms with Crippen LogP contribution in [0.5, 0.6) is 0 Å². The topological polar surface area (TPSA) is 24.5 Å². The van der Waals surface area contributed by atoms with Crippen molar-refractivity contribution >= 4 is 0 Å². The number of ether oxygens (including phenoxy) is 1. The molecule has 0 aromatic carbocycles. The van der Waals surface area contributed by atoms with Crippen molar-refractivity contribution in [3.63, 3.8) is 0 Å². The van der Waals surface area contributed by atoms with Gasteiger partial charge >= 0.3 is 0 Å². The van der Waals surface area contributed by atoms with Gasteiger partial charge in [-0.05, 0) is 51.5 Å². The standard InChI is InChI=1S/C17H32N2O/c1-2-15-13-19(11-5-7-16-8-6-12-20-16)17(14-18-15)9-3-4-10-17/h15-16,18H,2-14H2,1H3. The Balaban J connectivity index is 1.52. The molecule has 3 aliphatic rings. The minimum Gasteiger partial charge on any atom is -0.378 e. The fraction of sp³-hybridized carbons (Fsp3) is 1.00. The summed E-state index contributed by atoms with van der Waals surface area (Å²) in [6, 6.07) is 0.712. The Morgan fingerprint density at radius 1 is 1.25 bits per heavy atom. The van der Waals surface area contributed by atoms with Gasteiger partial charge in [-0.1, -0.05) is 19.8 Å². The van der Waals surface area contributed by atoms with E-state index in [4.69, 9.17) is 4.74 Å². The molecule has 3 fully saturated rings. The van der Waals surface area contributed by atoms with Gasteiger partial charge in [-0.15, -0.1) is 0 Å². The molecule has 2 unspecified atom stereocenters. The SMILES string of the molecule is CCC1CN(CCCC2CCCO2)C2(CCCC2)CN1. The maximum Gasteiger partial charge on any atom is 0.0576 e. The number of hydrogen-bond acceptors (Lipinski definition) is 3. The maximum atomic E-state index is 5.77. The van der Waals surface area contributed by atoms with Crippen LogP contribution >= 0.6 is 0 Å². The van der Waals surface area contributed by atoms with Gasteiger partial charge in [0.15, 0.2) is 0 Å². The second-order valence-electron chi connectivity index (χ2n) is 7.14. The van der Waals surface area contributed by atoms with Crippen LogP contribution in [0.3, 0.4) is 0 Å². The summed E-state index contributed by atoms with van der Waals surface area (Å²) in [6.07, 6.45) is 12.7. The van der Waals surface area contributed by atoms with Crippen LogP contribution < -0.4 is 5.32 Å². The number of piperazine rings is 1. The average Bonchev–Trinajstić information content (AvgIpc) is 3.13. The molecule has 2 aliphatic heterocycles. The maximum absolute atomic E-state index is 5.77. The van der Waals surface area contributed by atoms with E-state index in [1.54, 1.807) is 0 Å². The lowest BCUT2D eigenvalue weighted by atomic mass is 9.90. The molecular formula is C17H32N2O. The molecule has 2 atom stereocenters. The van der Waals surface area contributed by atoms with Crippen LogP contribution in [-0.4, -0.2) is 48.8 Å². The van der Waals surface area contributed by atoms with E-state index in [-0.39, 0.29) is 0 Å². The summed E-state index contributed by atoms with van der Waals surface area (Å²) < 4.78 is 5.77. The van der Waals surface area contributed by atoms with E-state index >= 15 is 0 Å². The third-order valence-corrected chi connectivity index (χ3v) is 5.84. The Hall–Kier alpha value is -0.120. The third-order valence-electron chi connectivity index (χ3n) is 5.84. The molecule has 1 saturated carbocycles. The van der Waals surface area contributed by atoms with E-state index in [9.17, 15) is 0 Å². The Morgan fingerprint density at radius 3 is 2.80 bits per heavy atom.